The van der Waals surface area contributed by atoms with Crippen LogP contribution in [-0.4, -0.2) is 44.7 Å². The Morgan fingerprint density at radius 2 is 2.18 bits per heavy atom. The summed E-state index contributed by atoms with van der Waals surface area (Å²) in [7, 11) is 3.59. The number of urea groups is 1. The normalized spacial score (nSPS) is 17.8. The van der Waals surface area contributed by atoms with Crippen molar-refractivity contribution in [1.29, 1.82) is 0 Å². The van der Waals surface area contributed by atoms with Crippen LogP contribution < -0.4 is 10.6 Å². The molecule has 0 radical (unpaired) electrons. The number of likely N-dealkylation sites (tertiary alicyclic amines) is 1. The predicted octanol–water partition coefficient (Wildman–Crippen LogP) is -0.523. The molecule has 4 nitrogen and oxygen atoms in total. The number of carbonyl (C=O) groups is 1. The van der Waals surface area contributed by atoms with Crippen molar-refractivity contribution in [3.63, 3.8) is 0 Å². The van der Waals surface area contributed by atoms with Gasteiger partial charge in [-0.2, -0.15) is 0 Å². The van der Waals surface area contributed by atoms with Crippen molar-refractivity contribution in [1.82, 2.24) is 15.5 Å². The van der Waals surface area contributed by atoms with E-state index in [2.05, 4.69) is 10.6 Å². The lowest BCUT2D eigenvalue weighted by Gasteiger charge is -2.38. The molecular formula is C7H15N3O. The Labute approximate surface area is 66.9 Å². The first-order chi connectivity index (χ1) is 5.27. The Morgan fingerprint density at radius 1 is 1.55 bits per heavy atom. The average Bonchev–Trinajstić information content (AvgIpc) is 1.94. The highest BCUT2D eigenvalue weighted by Gasteiger charge is 2.28. The highest BCUT2D eigenvalue weighted by atomic mass is 16.2. The molecule has 0 atom stereocenters. The molecule has 0 aromatic heterocycles. The van der Waals surface area contributed by atoms with Crippen LogP contribution in [0, 0.1) is 5.92 Å². The van der Waals surface area contributed by atoms with Crippen LogP contribution in [0.5, 0.6) is 0 Å². The minimum atomic E-state index is 0.0392. The van der Waals surface area contributed by atoms with Crippen molar-refractivity contribution in [2.75, 3.05) is 33.7 Å². The molecule has 0 bridgehead atoms. The number of hydrogen-bond acceptors (Lipinski definition) is 2. The van der Waals surface area contributed by atoms with E-state index in [9.17, 15) is 4.79 Å². The summed E-state index contributed by atoms with van der Waals surface area (Å²) in [6.45, 7) is 2.79. The topological polar surface area (TPSA) is 44.4 Å². The van der Waals surface area contributed by atoms with E-state index in [-0.39, 0.29) is 6.03 Å². The summed E-state index contributed by atoms with van der Waals surface area (Å²) in [6.07, 6.45) is 0. The predicted molar refractivity (Wildman–Crippen MR) is 43.4 cm³/mol. The van der Waals surface area contributed by atoms with Gasteiger partial charge < -0.3 is 15.5 Å². The molecule has 0 unspecified atom stereocenters. The maximum Gasteiger partial charge on any atom is 0.317 e. The second-order valence-corrected chi connectivity index (χ2v) is 2.88. The molecule has 2 amide bonds. The second kappa shape index (κ2) is 3.57. The smallest absolute Gasteiger partial charge is 0.317 e. The summed E-state index contributed by atoms with van der Waals surface area (Å²) in [5.74, 6) is 0.650. The Balaban J connectivity index is 2.13. The van der Waals surface area contributed by atoms with E-state index in [1.54, 1.807) is 7.05 Å². The molecule has 1 aliphatic heterocycles. The van der Waals surface area contributed by atoms with Crippen molar-refractivity contribution >= 4 is 6.03 Å². The Bertz CT molecular complexity index is 143. The Hall–Kier alpha value is -0.770. The maximum absolute atomic E-state index is 10.9. The number of amides is 2. The molecule has 11 heavy (non-hydrogen) atoms. The summed E-state index contributed by atoms with van der Waals surface area (Å²) < 4.78 is 0. The maximum atomic E-state index is 10.9. The third kappa shape index (κ3) is 1.83. The largest absolute Gasteiger partial charge is 0.341 e. The van der Waals surface area contributed by atoms with E-state index >= 15 is 0 Å². The highest BCUT2D eigenvalue weighted by Crippen LogP contribution is 2.13. The van der Waals surface area contributed by atoms with Gasteiger partial charge in [0, 0.05) is 32.6 Å². The van der Waals surface area contributed by atoms with Gasteiger partial charge in [-0.1, -0.05) is 0 Å². The van der Waals surface area contributed by atoms with Gasteiger partial charge in [-0.25, -0.2) is 4.79 Å². The number of nitrogens with one attached hydrogen (secondary N) is 2. The molecule has 0 aromatic carbocycles. The fraction of sp³-hybridized carbons (Fsp3) is 0.857. The van der Waals surface area contributed by atoms with Gasteiger partial charge in [0.05, 0.1) is 0 Å². The molecule has 0 spiro atoms. The van der Waals surface area contributed by atoms with Crippen molar-refractivity contribution in [3.8, 4) is 0 Å². The zero-order valence-corrected chi connectivity index (χ0v) is 7.05. The molecule has 1 saturated heterocycles. The summed E-state index contributed by atoms with van der Waals surface area (Å²) in [6, 6.07) is 0.0392. The van der Waals surface area contributed by atoms with Crippen LogP contribution in [-0.2, 0) is 0 Å². The molecule has 1 heterocycles. The third-order valence-corrected chi connectivity index (χ3v) is 1.95. The zero-order chi connectivity index (χ0) is 8.27. The molecule has 0 saturated carbocycles. The molecule has 2 N–H and O–H groups in total. The lowest BCUT2D eigenvalue weighted by Crippen LogP contribution is -2.55. The number of carbonyl (C=O) groups excluding carboxylic acids is 1. The van der Waals surface area contributed by atoms with Crippen molar-refractivity contribution < 1.29 is 4.79 Å². The summed E-state index contributed by atoms with van der Waals surface area (Å²) >= 11 is 0. The fourth-order valence-electron chi connectivity index (χ4n) is 1.31. The SMILES string of the molecule is CNCC1CN(C(=O)NC)C1. The van der Waals surface area contributed by atoms with Gasteiger partial charge in [0.15, 0.2) is 0 Å². The third-order valence-electron chi connectivity index (χ3n) is 1.95. The van der Waals surface area contributed by atoms with Crippen molar-refractivity contribution in [3.05, 3.63) is 0 Å². The first-order valence-corrected chi connectivity index (χ1v) is 3.89. The van der Waals surface area contributed by atoms with Gasteiger partial charge in [-0.05, 0) is 7.05 Å². The van der Waals surface area contributed by atoms with Crippen LogP contribution in [0.4, 0.5) is 4.79 Å². The zero-order valence-electron chi connectivity index (χ0n) is 7.05. The second-order valence-electron chi connectivity index (χ2n) is 2.88. The minimum Gasteiger partial charge on any atom is -0.341 e. The lowest BCUT2D eigenvalue weighted by molar-refractivity contribution is 0.122. The molecule has 1 aliphatic rings. The van der Waals surface area contributed by atoms with Crippen LogP contribution in [0.2, 0.25) is 0 Å². The van der Waals surface area contributed by atoms with Crippen LogP contribution in [0.25, 0.3) is 0 Å². The van der Waals surface area contributed by atoms with E-state index in [1.165, 1.54) is 0 Å². The van der Waals surface area contributed by atoms with E-state index in [0.717, 1.165) is 19.6 Å². The van der Waals surface area contributed by atoms with Crippen molar-refractivity contribution in [2.45, 2.75) is 0 Å². The summed E-state index contributed by atoms with van der Waals surface area (Å²) in [4.78, 5) is 12.7. The molecule has 1 rings (SSSR count). The van der Waals surface area contributed by atoms with Crippen LogP contribution in [0.1, 0.15) is 0 Å². The first kappa shape index (κ1) is 8.33. The molecule has 4 heteroatoms. The van der Waals surface area contributed by atoms with Gasteiger partial charge in [-0.15, -0.1) is 0 Å². The van der Waals surface area contributed by atoms with Gasteiger partial charge in [0.1, 0.15) is 0 Å². The van der Waals surface area contributed by atoms with Gasteiger partial charge in [0.25, 0.3) is 0 Å². The average molecular weight is 157 g/mol. The highest BCUT2D eigenvalue weighted by molar-refractivity contribution is 5.74. The van der Waals surface area contributed by atoms with E-state index in [0.29, 0.717) is 5.92 Å². The van der Waals surface area contributed by atoms with Crippen LogP contribution >= 0.6 is 0 Å². The van der Waals surface area contributed by atoms with Crippen LogP contribution in [0.3, 0.4) is 0 Å². The first-order valence-electron chi connectivity index (χ1n) is 3.89. The van der Waals surface area contributed by atoms with Gasteiger partial charge >= 0.3 is 6.03 Å². The quantitative estimate of drug-likeness (QED) is 0.566. The number of hydrogen-bond donors (Lipinski definition) is 2. The van der Waals surface area contributed by atoms with Crippen LogP contribution in [0.15, 0.2) is 0 Å². The molecule has 0 aromatic rings. The van der Waals surface area contributed by atoms with Gasteiger partial charge in [-0.3, -0.25) is 0 Å². The standard InChI is InChI=1S/C7H15N3O/c1-8-3-6-4-10(5-6)7(11)9-2/h6,8H,3-5H2,1-2H3,(H,9,11). The molecule has 1 fully saturated rings. The number of nitrogens with zero attached hydrogens (tertiary/aromatic N) is 1. The fourth-order valence-corrected chi connectivity index (χ4v) is 1.31. The van der Waals surface area contributed by atoms with E-state index in [4.69, 9.17) is 0 Å². The Kier molecular flexibility index (Phi) is 2.70. The monoisotopic (exact) mass is 157 g/mol. The van der Waals surface area contributed by atoms with E-state index in [1.807, 2.05) is 11.9 Å². The lowest BCUT2D eigenvalue weighted by atomic mass is 10.0. The summed E-state index contributed by atoms with van der Waals surface area (Å²) in [5.41, 5.74) is 0. The minimum absolute atomic E-state index is 0.0392. The van der Waals surface area contributed by atoms with Gasteiger partial charge in [0.2, 0.25) is 0 Å². The van der Waals surface area contributed by atoms with Crippen molar-refractivity contribution in [2.24, 2.45) is 5.92 Å². The summed E-state index contributed by atoms with van der Waals surface area (Å²) in [5, 5.41) is 5.68. The Morgan fingerprint density at radius 3 is 2.64 bits per heavy atom. The molecule has 0 aliphatic carbocycles. The molecule has 64 valence electrons. The number of rotatable bonds is 2. The van der Waals surface area contributed by atoms with E-state index < -0.39 is 0 Å². The molecular weight excluding hydrogens is 142 g/mol.